The van der Waals surface area contributed by atoms with Gasteiger partial charge in [0.15, 0.2) is 5.58 Å². The van der Waals surface area contributed by atoms with E-state index in [4.69, 9.17) is 15.3 Å². The van der Waals surface area contributed by atoms with Gasteiger partial charge in [-0.1, -0.05) is 0 Å². The van der Waals surface area contributed by atoms with E-state index in [1.165, 1.54) is 4.57 Å². The van der Waals surface area contributed by atoms with Crippen LogP contribution < -0.4 is 16.4 Å². The summed E-state index contributed by atoms with van der Waals surface area (Å²) in [5.74, 6) is -1.49. The van der Waals surface area contributed by atoms with Crippen LogP contribution in [0.4, 0.5) is 5.69 Å². The minimum absolute atomic E-state index is 0.165. The Morgan fingerprint density at radius 2 is 2.26 bits per heavy atom. The molecule has 0 radical (unpaired) electrons. The molecule has 7 heteroatoms. The van der Waals surface area contributed by atoms with Gasteiger partial charge in [0.1, 0.15) is 6.04 Å². The smallest absolute Gasteiger partial charge is 0.419 e. The van der Waals surface area contributed by atoms with Crippen molar-refractivity contribution in [2.45, 2.75) is 6.04 Å². The predicted molar refractivity (Wildman–Crippen MR) is 70.3 cm³/mol. The van der Waals surface area contributed by atoms with Gasteiger partial charge in [-0.15, -0.1) is 0 Å². The first-order chi connectivity index (χ1) is 8.90. The Bertz CT molecular complexity index is 673. The molecule has 0 bridgehead atoms. The molecule has 2 rings (SSSR count). The van der Waals surface area contributed by atoms with Gasteiger partial charge in [0.05, 0.1) is 5.52 Å². The molecule has 102 valence electrons. The number of anilines is 1. The molecule has 0 amide bonds. The second-order valence-corrected chi connectivity index (χ2v) is 4.40. The van der Waals surface area contributed by atoms with Crippen LogP contribution in [0.2, 0.25) is 0 Å². The van der Waals surface area contributed by atoms with E-state index in [1.54, 1.807) is 37.2 Å². The molecular weight excluding hydrogens is 250 g/mol. The summed E-state index contributed by atoms with van der Waals surface area (Å²) in [5.41, 5.74) is 7.36. The van der Waals surface area contributed by atoms with Crippen molar-refractivity contribution >= 4 is 22.8 Å². The number of nitrogens with two attached hydrogens (primary N) is 1. The van der Waals surface area contributed by atoms with Gasteiger partial charge in [0.25, 0.3) is 0 Å². The molecule has 0 aliphatic rings. The number of aryl methyl sites for hydroxylation is 1. The van der Waals surface area contributed by atoms with E-state index < -0.39 is 17.8 Å². The van der Waals surface area contributed by atoms with Crippen molar-refractivity contribution < 1.29 is 14.3 Å². The van der Waals surface area contributed by atoms with Crippen molar-refractivity contribution in [2.24, 2.45) is 12.8 Å². The summed E-state index contributed by atoms with van der Waals surface area (Å²) in [6.07, 6.45) is 0. The highest BCUT2D eigenvalue weighted by molar-refractivity contribution is 5.78. The highest BCUT2D eigenvalue weighted by Gasteiger charge is 2.15. The first kappa shape index (κ1) is 13.2. The normalized spacial score (nSPS) is 12.6. The summed E-state index contributed by atoms with van der Waals surface area (Å²) in [6.45, 7) is 0.165. The molecule has 0 aliphatic heterocycles. The quantitative estimate of drug-likeness (QED) is 0.805. The number of fused-ring (bicyclic) bond motifs is 1. The second kappa shape index (κ2) is 4.77. The van der Waals surface area contributed by atoms with E-state index in [9.17, 15) is 9.59 Å². The third-order valence-corrected chi connectivity index (χ3v) is 3.00. The monoisotopic (exact) mass is 265 g/mol. The molecule has 0 spiro atoms. The number of rotatable bonds is 4. The Hall–Kier alpha value is -2.28. The van der Waals surface area contributed by atoms with Crippen LogP contribution in [0, 0.1) is 0 Å². The molecule has 19 heavy (non-hydrogen) atoms. The van der Waals surface area contributed by atoms with Crippen molar-refractivity contribution in [1.29, 1.82) is 0 Å². The molecule has 3 N–H and O–H groups in total. The molecule has 0 saturated heterocycles. The van der Waals surface area contributed by atoms with Gasteiger partial charge in [-0.25, -0.2) is 4.79 Å². The van der Waals surface area contributed by atoms with Crippen LogP contribution in [0.3, 0.4) is 0 Å². The molecule has 7 nitrogen and oxygen atoms in total. The molecule has 2 aromatic rings. The average molecular weight is 265 g/mol. The Labute approximate surface area is 108 Å². The number of aliphatic carboxylic acids is 1. The molecule has 1 atom stereocenters. The van der Waals surface area contributed by atoms with Crippen molar-refractivity contribution in [2.75, 3.05) is 18.5 Å². The largest absolute Gasteiger partial charge is 0.480 e. The summed E-state index contributed by atoms with van der Waals surface area (Å²) in [7, 11) is 3.35. The van der Waals surface area contributed by atoms with Crippen molar-refractivity contribution in [3.8, 4) is 0 Å². The maximum absolute atomic E-state index is 11.4. The number of carboxylic acid groups (broad SMARTS) is 1. The van der Waals surface area contributed by atoms with Crippen LogP contribution in [0.1, 0.15) is 0 Å². The lowest BCUT2D eigenvalue weighted by molar-refractivity contribution is -0.138. The van der Waals surface area contributed by atoms with Gasteiger partial charge in [-0.3, -0.25) is 9.36 Å². The number of hydrogen-bond acceptors (Lipinski definition) is 5. The zero-order valence-electron chi connectivity index (χ0n) is 10.7. The first-order valence-electron chi connectivity index (χ1n) is 5.69. The minimum Gasteiger partial charge on any atom is -0.480 e. The third-order valence-electron chi connectivity index (χ3n) is 3.00. The lowest BCUT2D eigenvalue weighted by Crippen LogP contribution is -2.41. The van der Waals surface area contributed by atoms with Gasteiger partial charge in [-0.2, -0.15) is 0 Å². The van der Waals surface area contributed by atoms with Crippen LogP contribution in [0.25, 0.3) is 11.1 Å². The Morgan fingerprint density at radius 1 is 1.58 bits per heavy atom. The molecule has 0 saturated carbocycles. The molecule has 1 heterocycles. The highest BCUT2D eigenvalue weighted by Crippen LogP contribution is 2.20. The first-order valence-corrected chi connectivity index (χ1v) is 5.69. The van der Waals surface area contributed by atoms with Crippen molar-refractivity contribution in [1.82, 2.24) is 4.57 Å². The Morgan fingerprint density at radius 3 is 2.89 bits per heavy atom. The van der Waals surface area contributed by atoms with Gasteiger partial charge < -0.3 is 20.2 Å². The maximum Gasteiger partial charge on any atom is 0.419 e. The van der Waals surface area contributed by atoms with Crippen molar-refractivity contribution in [3.05, 3.63) is 28.7 Å². The molecule has 1 aromatic carbocycles. The van der Waals surface area contributed by atoms with E-state index in [0.717, 1.165) is 5.69 Å². The van der Waals surface area contributed by atoms with Crippen LogP contribution in [-0.4, -0.2) is 35.3 Å². The van der Waals surface area contributed by atoms with Crippen LogP contribution in [-0.2, 0) is 11.8 Å². The fourth-order valence-corrected chi connectivity index (χ4v) is 1.84. The standard InChI is InChI=1S/C12H15N3O4/c1-14(6-8(13)11(16)17)7-3-4-9-10(5-7)19-12(18)15(9)2/h3-5,8H,6,13H2,1-2H3,(H,16,17). The number of carboxylic acids is 1. The predicted octanol–water partition coefficient (Wildman–Crippen LogP) is -0.0204. The van der Waals surface area contributed by atoms with Gasteiger partial charge in [0, 0.05) is 32.4 Å². The summed E-state index contributed by atoms with van der Waals surface area (Å²) in [5, 5.41) is 8.77. The number of carbonyl (C=O) groups is 1. The van der Waals surface area contributed by atoms with E-state index in [-0.39, 0.29) is 6.54 Å². The summed E-state index contributed by atoms with van der Waals surface area (Å²) >= 11 is 0. The van der Waals surface area contributed by atoms with Crippen LogP contribution in [0.15, 0.2) is 27.4 Å². The fourth-order valence-electron chi connectivity index (χ4n) is 1.84. The SMILES string of the molecule is CN(CC(N)C(=O)O)c1ccc2c(c1)oc(=O)n2C. The summed E-state index contributed by atoms with van der Waals surface area (Å²) in [4.78, 5) is 23.8. The summed E-state index contributed by atoms with van der Waals surface area (Å²) < 4.78 is 6.48. The van der Waals surface area contributed by atoms with Gasteiger partial charge in [0.2, 0.25) is 0 Å². The van der Waals surface area contributed by atoms with Crippen molar-refractivity contribution in [3.63, 3.8) is 0 Å². The number of nitrogens with zero attached hydrogens (tertiary/aromatic N) is 2. The average Bonchev–Trinajstić information content (AvgIpc) is 2.64. The molecule has 0 fully saturated rings. The van der Waals surface area contributed by atoms with E-state index in [0.29, 0.717) is 11.1 Å². The van der Waals surface area contributed by atoms with E-state index in [2.05, 4.69) is 0 Å². The number of hydrogen-bond donors (Lipinski definition) is 2. The van der Waals surface area contributed by atoms with Gasteiger partial charge in [-0.05, 0) is 12.1 Å². The van der Waals surface area contributed by atoms with Crippen LogP contribution in [0.5, 0.6) is 0 Å². The Kier molecular flexibility index (Phi) is 3.30. The minimum atomic E-state index is -1.06. The molecule has 1 aromatic heterocycles. The maximum atomic E-state index is 11.4. The lowest BCUT2D eigenvalue weighted by Gasteiger charge is -2.21. The number of oxazole rings is 1. The number of aromatic nitrogens is 1. The zero-order chi connectivity index (χ0) is 14.2. The number of likely N-dealkylation sites (N-methyl/N-ethyl adjacent to an activating group) is 1. The fraction of sp³-hybridized carbons (Fsp3) is 0.333. The molecule has 1 unspecified atom stereocenters. The van der Waals surface area contributed by atoms with E-state index in [1.807, 2.05) is 0 Å². The zero-order valence-corrected chi connectivity index (χ0v) is 10.7. The Balaban J connectivity index is 2.30. The third kappa shape index (κ3) is 2.45. The molecule has 0 aliphatic carbocycles. The lowest BCUT2D eigenvalue weighted by atomic mass is 10.2. The van der Waals surface area contributed by atoms with E-state index >= 15 is 0 Å². The summed E-state index contributed by atoms with van der Waals surface area (Å²) in [6, 6.07) is 4.25. The topological polar surface area (TPSA) is 102 Å². The van der Waals surface area contributed by atoms with Crippen LogP contribution >= 0.6 is 0 Å². The highest BCUT2D eigenvalue weighted by atomic mass is 16.4. The molecular formula is C12H15N3O4. The van der Waals surface area contributed by atoms with Gasteiger partial charge >= 0.3 is 11.7 Å². The number of benzene rings is 1. The second-order valence-electron chi connectivity index (χ2n) is 4.40.